The van der Waals surface area contributed by atoms with E-state index in [1.54, 1.807) is 0 Å². The van der Waals surface area contributed by atoms with Gasteiger partial charge in [0.15, 0.2) is 0 Å². The number of hydrogen-bond acceptors (Lipinski definition) is 3. The summed E-state index contributed by atoms with van der Waals surface area (Å²) >= 11 is 0. The Kier molecular flexibility index (Phi) is 2.64. The van der Waals surface area contributed by atoms with E-state index in [0.29, 0.717) is 28.9 Å². The fourth-order valence-electron chi connectivity index (χ4n) is 8.97. The molecule has 2 aliphatic heterocycles. The molecule has 0 aromatic heterocycles. The maximum atomic E-state index is 11.2. The zero-order chi connectivity index (χ0) is 16.3. The second-order valence-corrected chi connectivity index (χ2v) is 10.3. The van der Waals surface area contributed by atoms with Crippen molar-refractivity contribution in [2.75, 3.05) is 13.3 Å². The highest BCUT2D eigenvalue weighted by molar-refractivity contribution is 5.28. The molecule has 4 bridgehead atoms. The SMILES string of the molecule is C=C1[C@@H]2CC[C@]3(CC[C@@H]4[C@]5(C)CCC[C@@]4(CN4CO[C@@H]45)[C@@H]3C2)[C@@H]1O. The summed E-state index contributed by atoms with van der Waals surface area (Å²) in [7, 11) is 0. The van der Waals surface area contributed by atoms with Crippen molar-refractivity contribution >= 4 is 0 Å². The maximum Gasteiger partial charge on any atom is 0.119 e. The van der Waals surface area contributed by atoms with Gasteiger partial charge in [0, 0.05) is 17.4 Å². The van der Waals surface area contributed by atoms with Crippen LogP contribution in [0, 0.1) is 34.0 Å². The quantitative estimate of drug-likeness (QED) is 0.690. The Morgan fingerprint density at radius 1 is 1.12 bits per heavy atom. The fraction of sp³-hybridized carbons (Fsp3) is 0.905. The van der Waals surface area contributed by atoms with Gasteiger partial charge in [0.25, 0.3) is 0 Å². The first-order valence-corrected chi connectivity index (χ1v) is 10.2. The van der Waals surface area contributed by atoms with E-state index in [4.69, 9.17) is 4.74 Å². The van der Waals surface area contributed by atoms with Gasteiger partial charge in [-0.15, -0.1) is 0 Å². The average molecular weight is 329 g/mol. The Morgan fingerprint density at radius 3 is 2.75 bits per heavy atom. The van der Waals surface area contributed by atoms with Crippen molar-refractivity contribution in [1.82, 2.24) is 4.90 Å². The van der Waals surface area contributed by atoms with Crippen LogP contribution in [0.25, 0.3) is 0 Å². The highest BCUT2D eigenvalue weighted by atomic mass is 16.6. The number of rotatable bonds is 0. The number of fused-ring (bicyclic) bond motifs is 4. The standard InChI is InChI=1S/C21H31NO2/c1-13-14-4-8-20(17(13)23)9-5-15-19(2)6-3-7-21(15,16(20)10-14)11-22-12-24-18(19)22/h14-18,23H,1,3-12H2,2H3/t14-,15-,16-,17-,18-,19+,20-,21+/m1/s1. The van der Waals surface area contributed by atoms with Gasteiger partial charge in [0.1, 0.15) is 13.0 Å². The summed E-state index contributed by atoms with van der Waals surface area (Å²) in [5, 5.41) is 11.2. The molecular formula is C21H31NO2. The fourth-order valence-corrected chi connectivity index (χ4v) is 8.97. The molecule has 7 aliphatic rings. The van der Waals surface area contributed by atoms with Gasteiger partial charge in [-0.05, 0) is 73.7 Å². The van der Waals surface area contributed by atoms with Gasteiger partial charge < -0.3 is 9.84 Å². The minimum Gasteiger partial charge on any atom is -0.388 e. The number of piperidine rings is 1. The Balaban J connectivity index is 1.49. The van der Waals surface area contributed by atoms with Crippen LogP contribution in [-0.2, 0) is 4.74 Å². The molecular weight excluding hydrogens is 298 g/mol. The number of ether oxygens (including phenoxy) is 1. The minimum absolute atomic E-state index is 0.152. The normalized spacial score (nSPS) is 61.6. The highest BCUT2D eigenvalue weighted by Gasteiger charge is 2.72. The van der Waals surface area contributed by atoms with Crippen molar-refractivity contribution in [3.8, 4) is 0 Å². The van der Waals surface area contributed by atoms with Crippen molar-refractivity contribution in [1.29, 1.82) is 0 Å². The van der Waals surface area contributed by atoms with E-state index >= 15 is 0 Å². The summed E-state index contributed by atoms with van der Waals surface area (Å²) in [6.45, 7) is 8.91. The van der Waals surface area contributed by atoms with Gasteiger partial charge in [-0.2, -0.15) is 0 Å². The Labute approximate surface area is 145 Å². The van der Waals surface area contributed by atoms with Crippen LogP contribution < -0.4 is 0 Å². The number of aliphatic hydroxyl groups excluding tert-OH is 1. The third kappa shape index (κ3) is 1.38. The molecule has 3 nitrogen and oxygen atoms in total. The smallest absolute Gasteiger partial charge is 0.119 e. The van der Waals surface area contributed by atoms with Gasteiger partial charge in [-0.1, -0.05) is 19.9 Å². The van der Waals surface area contributed by atoms with Crippen molar-refractivity contribution in [3.63, 3.8) is 0 Å². The van der Waals surface area contributed by atoms with Crippen LogP contribution in [-0.4, -0.2) is 35.6 Å². The predicted octanol–water partition coefficient (Wildman–Crippen LogP) is 3.54. The van der Waals surface area contributed by atoms with Crippen molar-refractivity contribution in [3.05, 3.63) is 12.2 Å². The van der Waals surface area contributed by atoms with Gasteiger partial charge in [0.05, 0.1) is 6.10 Å². The molecule has 24 heavy (non-hydrogen) atoms. The first-order chi connectivity index (χ1) is 11.5. The van der Waals surface area contributed by atoms with Crippen molar-refractivity contribution in [2.45, 2.75) is 70.6 Å². The van der Waals surface area contributed by atoms with Crippen molar-refractivity contribution in [2.24, 2.45) is 34.0 Å². The molecule has 5 aliphatic carbocycles. The molecule has 0 unspecified atom stereocenters. The van der Waals surface area contributed by atoms with E-state index in [9.17, 15) is 5.11 Å². The lowest BCUT2D eigenvalue weighted by atomic mass is 9.34. The first kappa shape index (κ1) is 14.8. The Morgan fingerprint density at radius 2 is 1.96 bits per heavy atom. The number of hydrogen-bond donors (Lipinski definition) is 1. The summed E-state index contributed by atoms with van der Waals surface area (Å²) < 4.78 is 6.07. The number of aliphatic hydroxyl groups is 1. The van der Waals surface area contributed by atoms with E-state index < -0.39 is 0 Å². The summed E-state index contributed by atoms with van der Waals surface area (Å²) in [6.07, 6.45) is 10.6. The molecule has 0 amide bonds. The summed E-state index contributed by atoms with van der Waals surface area (Å²) in [5.74, 6) is 2.10. The van der Waals surface area contributed by atoms with Crippen LogP contribution in [0.4, 0.5) is 0 Å². The summed E-state index contributed by atoms with van der Waals surface area (Å²) in [6, 6.07) is 0. The molecule has 8 atom stereocenters. The molecule has 7 fully saturated rings. The predicted molar refractivity (Wildman–Crippen MR) is 92.0 cm³/mol. The number of nitrogens with zero attached hydrogens (tertiary/aromatic N) is 1. The molecule has 2 saturated heterocycles. The van der Waals surface area contributed by atoms with E-state index in [-0.39, 0.29) is 11.5 Å². The lowest BCUT2D eigenvalue weighted by Gasteiger charge is -2.75. The molecule has 3 heteroatoms. The van der Waals surface area contributed by atoms with Crippen LogP contribution in [0.5, 0.6) is 0 Å². The van der Waals surface area contributed by atoms with Crippen LogP contribution in [0.2, 0.25) is 0 Å². The minimum atomic E-state index is -0.233. The molecule has 0 radical (unpaired) electrons. The lowest BCUT2D eigenvalue weighted by Crippen LogP contribution is -2.76. The average Bonchev–Trinajstić information content (AvgIpc) is 2.54. The molecule has 1 N–H and O–H groups in total. The van der Waals surface area contributed by atoms with Gasteiger partial charge >= 0.3 is 0 Å². The lowest BCUT2D eigenvalue weighted by molar-refractivity contribution is -0.361. The van der Waals surface area contributed by atoms with Crippen LogP contribution in [0.15, 0.2) is 12.2 Å². The van der Waals surface area contributed by atoms with Gasteiger partial charge in [-0.3, -0.25) is 4.90 Å². The molecule has 0 aromatic carbocycles. The molecule has 5 saturated carbocycles. The van der Waals surface area contributed by atoms with Crippen LogP contribution in [0.3, 0.4) is 0 Å². The van der Waals surface area contributed by atoms with E-state index in [1.165, 1.54) is 63.5 Å². The molecule has 2 heterocycles. The van der Waals surface area contributed by atoms with E-state index in [0.717, 1.165) is 12.6 Å². The third-order valence-corrected chi connectivity index (χ3v) is 9.82. The molecule has 1 spiro atoms. The Bertz CT molecular complexity index is 619. The topological polar surface area (TPSA) is 32.7 Å². The Hall–Kier alpha value is -0.380. The molecule has 0 aromatic rings. The monoisotopic (exact) mass is 329 g/mol. The maximum absolute atomic E-state index is 11.2. The largest absolute Gasteiger partial charge is 0.388 e. The summed E-state index contributed by atoms with van der Waals surface area (Å²) in [5.41, 5.74) is 2.10. The first-order valence-electron chi connectivity index (χ1n) is 10.2. The van der Waals surface area contributed by atoms with Crippen LogP contribution >= 0.6 is 0 Å². The second-order valence-electron chi connectivity index (χ2n) is 10.3. The van der Waals surface area contributed by atoms with E-state index in [1.807, 2.05) is 0 Å². The third-order valence-electron chi connectivity index (χ3n) is 9.82. The van der Waals surface area contributed by atoms with Gasteiger partial charge in [-0.25, -0.2) is 0 Å². The summed E-state index contributed by atoms with van der Waals surface area (Å²) in [4.78, 5) is 2.64. The van der Waals surface area contributed by atoms with Gasteiger partial charge in [0.2, 0.25) is 0 Å². The zero-order valence-corrected chi connectivity index (χ0v) is 15.0. The molecule has 132 valence electrons. The second kappa shape index (κ2) is 4.29. The highest BCUT2D eigenvalue weighted by Crippen LogP contribution is 2.74. The van der Waals surface area contributed by atoms with Crippen molar-refractivity contribution < 1.29 is 9.84 Å². The zero-order valence-electron chi connectivity index (χ0n) is 15.0. The van der Waals surface area contributed by atoms with E-state index in [2.05, 4.69) is 18.4 Å². The molecule has 7 rings (SSSR count). The van der Waals surface area contributed by atoms with Crippen LogP contribution in [0.1, 0.15) is 58.3 Å².